The molecule has 4 nitrogen and oxygen atoms in total. The predicted molar refractivity (Wildman–Crippen MR) is 86.6 cm³/mol. The predicted octanol–water partition coefficient (Wildman–Crippen LogP) is 3.93. The molecule has 0 aliphatic carbocycles. The summed E-state index contributed by atoms with van der Waals surface area (Å²) >= 11 is 1.59. The third-order valence-corrected chi connectivity index (χ3v) is 5.05. The molecule has 0 spiro atoms. The monoisotopic (exact) mass is 329 g/mol. The van der Waals surface area contributed by atoms with E-state index >= 15 is 0 Å². The van der Waals surface area contributed by atoms with Crippen molar-refractivity contribution in [2.24, 2.45) is 0 Å². The van der Waals surface area contributed by atoms with E-state index in [0.717, 1.165) is 30.0 Å². The maximum absolute atomic E-state index is 13.9. The highest BCUT2D eigenvalue weighted by atomic mass is 32.1. The van der Waals surface area contributed by atoms with Gasteiger partial charge in [0.15, 0.2) is 0 Å². The fourth-order valence-electron chi connectivity index (χ4n) is 3.05. The lowest BCUT2D eigenvalue weighted by atomic mass is 9.98. The Labute approximate surface area is 137 Å². The first-order chi connectivity index (χ1) is 11.3. The summed E-state index contributed by atoms with van der Waals surface area (Å²) < 4.78 is 19.2. The van der Waals surface area contributed by atoms with Gasteiger partial charge in [-0.3, -0.25) is 4.90 Å². The van der Waals surface area contributed by atoms with Crippen LogP contribution in [0.3, 0.4) is 0 Å². The number of likely N-dealkylation sites (tertiary alicyclic amines) is 1. The van der Waals surface area contributed by atoms with Gasteiger partial charge >= 0.3 is 0 Å². The van der Waals surface area contributed by atoms with E-state index in [0.29, 0.717) is 18.3 Å². The Balaban J connectivity index is 1.42. The molecule has 1 atom stereocenters. The first-order valence-electron chi connectivity index (χ1n) is 7.63. The van der Waals surface area contributed by atoms with Gasteiger partial charge in [-0.1, -0.05) is 29.4 Å². The molecular formula is C17H16FN3OS. The third-order valence-electron chi connectivity index (χ3n) is 4.19. The number of thiophene rings is 1. The zero-order chi connectivity index (χ0) is 15.6. The van der Waals surface area contributed by atoms with Gasteiger partial charge in [-0.2, -0.15) is 4.98 Å². The third kappa shape index (κ3) is 3.04. The van der Waals surface area contributed by atoms with Gasteiger partial charge in [0.1, 0.15) is 5.82 Å². The molecule has 1 unspecified atom stereocenters. The number of hydrogen-bond acceptors (Lipinski definition) is 5. The quantitative estimate of drug-likeness (QED) is 0.727. The maximum Gasteiger partial charge on any atom is 0.241 e. The van der Waals surface area contributed by atoms with Crippen molar-refractivity contribution >= 4 is 11.3 Å². The second kappa shape index (κ2) is 6.22. The summed E-state index contributed by atoms with van der Waals surface area (Å²) in [5.41, 5.74) is 0.805. The Morgan fingerprint density at radius 1 is 1.26 bits per heavy atom. The maximum atomic E-state index is 13.9. The number of halogens is 1. The fourth-order valence-corrected chi connectivity index (χ4v) is 3.70. The van der Waals surface area contributed by atoms with Crippen molar-refractivity contribution in [2.45, 2.75) is 18.9 Å². The van der Waals surface area contributed by atoms with Gasteiger partial charge < -0.3 is 4.52 Å². The standard InChI is InChI=1S/C17H16FN3OS/c18-14-5-2-1-4-13(14)12-7-8-21(10-12)11-16-19-17(20-22-16)15-6-3-9-23-15/h1-6,9,12H,7-8,10-11H2. The van der Waals surface area contributed by atoms with Gasteiger partial charge in [0.25, 0.3) is 0 Å². The van der Waals surface area contributed by atoms with Gasteiger partial charge in [0, 0.05) is 12.5 Å². The normalized spacial score (nSPS) is 18.6. The minimum atomic E-state index is -0.114. The van der Waals surface area contributed by atoms with Crippen molar-refractivity contribution in [1.82, 2.24) is 15.0 Å². The van der Waals surface area contributed by atoms with E-state index in [2.05, 4.69) is 15.0 Å². The van der Waals surface area contributed by atoms with E-state index in [1.165, 1.54) is 6.07 Å². The summed E-state index contributed by atoms with van der Waals surface area (Å²) in [6.45, 7) is 2.34. The zero-order valence-corrected chi connectivity index (χ0v) is 13.3. The highest BCUT2D eigenvalue weighted by Crippen LogP contribution is 2.30. The molecule has 0 saturated carbocycles. The van der Waals surface area contributed by atoms with Crippen LogP contribution in [0.1, 0.15) is 23.8 Å². The van der Waals surface area contributed by atoms with E-state index in [4.69, 9.17) is 4.52 Å². The Bertz CT molecular complexity index is 787. The smallest absolute Gasteiger partial charge is 0.241 e. The van der Waals surface area contributed by atoms with Crippen LogP contribution in [0, 0.1) is 5.82 Å². The molecule has 1 aliphatic rings. The Morgan fingerprint density at radius 3 is 3.00 bits per heavy atom. The minimum absolute atomic E-state index is 0.114. The molecular weight excluding hydrogens is 313 g/mol. The Hall–Kier alpha value is -2.05. The van der Waals surface area contributed by atoms with Gasteiger partial charge in [-0.25, -0.2) is 4.39 Å². The summed E-state index contributed by atoms with van der Waals surface area (Å²) in [4.78, 5) is 7.69. The topological polar surface area (TPSA) is 42.2 Å². The average molecular weight is 329 g/mol. The lowest BCUT2D eigenvalue weighted by molar-refractivity contribution is 0.265. The van der Waals surface area contributed by atoms with Crippen molar-refractivity contribution in [2.75, 3.05) is 13.1 Å². The highest BCUT2D eigenvalue weighted by molar-refractivity contribution is 7.13. The number of hydrogen-bond donors (Lipinski definition) is 0. The zero-order valence-electron chi connectivity index (χ0n) is 12.5. The lowest BCUT2D eigenvalue weighted by Gasteiger charge is -2.14. The van der Waals surface area contributed by atoms with Crippen LogP contribution in [0.15, 0.2) is 46.3 Å². The largest absolute Gasteiger partial charge is 0.338 e. The van der Waals surface area contributed by atoms with Crippen LogP contribution in [0.4, 0.5) is 4.39 Å². The molecule has 23 heavy (non-hydrogen) atoms. The van der Waals surface area contributed by atoms with Crippen LogP contribution in [0.25, 0.3) is 10.7 Å². The van der Waals surface area contributed by atoms with Crippen LogP contribution in [0.2, 0.25) is 0 Å². The SMILES string of the molecule is Fc1ccccc1C1CCN(Cc2nc(-c3cccs3)no2)C1. The molecule has 2 aromatic heterocycles. The minimum Gasteiger partial charge on any atom is -0.338 e. The van der Waals surface area contributed by atoms with Gasteiger partial charge in [0.05, 0.1) is 11.4 Å². The van der Waals surface area contributed by atoms with Gasteiger partial charge in [-0.05, 0) is 36.0 Å². The number of rotatable bonds is 4. The van der Waals surface area contributed by atoms with Crippen LogP contribution >= 0.6 is 11.3 Å². The summed E-state index contributed by atoms with van der Waals surface area (Å²) in [7, 11) is 0. The molecule has 3 heterocycles. The van der Waals surface area contributed by atoms with E-state index in [9.17, 15) is 4.39 Å². The molecule has 0 bridgehead atoms. The summed E-state index contributed by atoms with van der Waals surface area (Å²) in [5.74, 6) is 1.37. The number of nitrogens with zero attached hydrogens (tertiary/aromatic N) is 3. The Kier molecular flexibility index (Phi) is 3.93. The van der Waals surface area contributed by atoms with E-state index < -0.39 is 0 Å². The van der Waals surface area contributed by atoms with Gasteiger partial charge in [0.2, 0.25) is 11.7 Å². The van der Waals surface area contributed by atoms with Crippen molar-refractivity contribution in [1.29, 1.82) is 0 Å². The number of aromatic nitrogens is 2. The molecule has 3 aromatic rings. The first kappa shape index (κ1) is 14.5. The number of benzene rings is 1. The summed E-state index contributed by atoms with van der Waals surface area (Å²) in [6.07, 6.45) is 0.951. The molecule has 1 fully saturated rings. The fraction of sp³-hybridized carbons (Fsp3) is 0.294. The first-order valence-corrected chi connectivity index (χ1v) is 8.51. The lowest BCUT2D eigenvalue weighted by Crippen LogP contribution is -2.20. The second-order valence-corrected chi connectivity index (χ2v) is 6.68. The molecule has 6 heteroatoms. The molecule has 4 rings (SSSR count). The van der Waals surface area contributed by atoms with E-state index in [1.54, 1.807) is 17.4 Å². The molecule has 1 aromatic carbocycles. The van der Waals surface area contributed by atoms with Gasteiger partial charge in [-0.15, -0.1) is 11.3 Å². The van der Waals surface area contributed by atoms with Crippen LogP contribution in [-0.4, -0.2) is 28.1 Å². The van der Waals surface area contributed by atoms with Crippen molar-refractivity contribution < 1.29 is 8.91 Å². The van der Waals surface area contributed by atoms with Crippen LogP contribution < -0.4 is 0 Å². The molecule has 0 amide bonds. The Morgan fingerprint density at radius 2 is 2.17 bits per heavy atom. The van der Waals surface area contributed by atoms with Crippen LogP contribution in [0.5, 0.6) is 0 Å². The van der Waals surface area contributed by atoms with Crippen molar-refractivity contribution in [3.63, 3.8) is 0 Å². The van der Waals surface area contributed by atoms with E-state index in [-0.39, 0.29) is 11.7 Å². The molecule has 1 saturated heterocycles. The van der Waals surface area contributed by atoms with Crippen molar-refractivity contribution in [3.8, 4) is 10.7 Å². The van der Waals surface area contributed by atoms with E-state index in [1.807, 2.05) is 29.6 Å². The molecule has 0 N–H and O–H groups in total. The second-order valence-electron chi connectivity index (χ2n) is 5.73. The van der Waals surface area contributed by atoms with Crippen LogP contribution in [-0.2, 0) is 6.54 Å². The highest BCUT2D eigenvalue weighted by Gasteiger charge is 2.27. The molecule has 1 aliphatic heterocycles. The van der Waals surface area contributed by atoms with Crippen molar-refractivity contribution in [3.05, 3.63) is 59.0 Å². The average Bonchev–Trinajstić information content (AvgIpc) is 3.29. The molecule has 118 valence electrons. The summed E-state index contributed by atoms with van der Waals surface area (Å²) in [6, 6.07) is 11.0. The molecule has 0 radical (unpaired) electrons. The summed E-state index contributed by atoms with van der Waals surface area (Å²) in [5, 5.41) is 6.02.